The first-order chi connectivity index (χ1) is 9.47. The molecule has 0 aromatic heterocycles. The Hall–Kier alpha value is -1.82. The molecule has 0 aliphatic carbocycles. The predicted molar refractivity (Wildman–Crippen MR) is 81.2 cm³/mol. The van der Waals surface area contributed by atoms with E-state index in [-0.39, 0.29) is 18.2 Å². The van der Waals surface area contributed by atoms with Crippen LogP contribution in [0.4, 0.5) is 17.1 Å². The van der Waals surface area contributed by atoms with E-state index in [2.05, 4.69) is 10.6 Å². The molecule has 1 aromatic rings. The molecule has 20 heavy (non-hydrogen) atoms. The lowest BCUT2D eigenvalue weighted by Crippen LogP contribution is -2.25. The molecule has 0 saturated carbocycles. The summed E-state index contributed by atoms with van der Waals surface area (Å²) in [6, 6.07) is 5.11. The summed E-state index contributed by atoms with van der Waals surface area (Å²) >= 11 is 0. The van der Waals surface area contributed by atoms with E-state index < -0.39 is 11.0 Å². The van der Waals surface area contributed by atoms with Crippen LogP contribution in [0.15, 0.2) is 18.2 Å². The summed E-state index contributed by atoms with van der Waals surface area (Å²) in [5, 5.41) is 27.0. The van der Waals surface area contributed by atoms with Crippen LogP contribution in [0.5, 0.6) is 0 Å². The number of aliphatic hydroxyl groups is 1. The van der Waals surface area contributed by atoms with Crippen LogP contribution in [0.2, 0.25) is 0 Å². The van der Waals surface area contributed by atoms with Gasteiger partial charge in [0.1, 0.15) is 11.4 Å². The van der Waals surface area contributed by atoms with E-state index in [1.807, 2.05) is 20.8 Å². The summed E-state index contributed by atoms with van der Waals surface area (Å²) in [6.07, 6.45) is 0.350. The topological polar surface area (TPSA) is 87.4 Å². The van der Waals surface area contributed by atoms with Crippen molar-refractivity contribution >= 4 is 17.1 Å². The molecule has 0 amide bonds. The van der Waals surface area contributed by atoms with Crippen molar-refractivity contribution in [1.82, 2.24) is 0 Å². The lowest BCUT2D eigenvalue weighted by atomic mass is 10.1. The van der Waals surface area contributed by atoms with E-state index in [9.17, 15) is 15.2 Å². The molecular weight excluding hydrogens is 258 g/mol. The lowest BCUT2D eigenvalue weighted by molar-refractivity contribution is -0.383. The molecule has 1 rings (SSSR count). The van der Waals surface area contributed by atoms with Gasteiger partial charge in [-0.15, -0.1) is 0 Å². The third-order valence-corrected chi connectivity index (χ3v) is 3.06. The van der Waals surface area contributed by atoms with Gasteiger partial charge in [0.05, 0.1) is 11.0 Å². The number of para-hydroxylation sites is 1. The smallest absolute Gasteiger partial charge is 0.315 e. The predicted octanol–water partition coefficient (Wildman–Crippen LogP) is 2.85. The van der Waals surface area contributed by atoms with Gasteiger partial charge < -0.3 is 15.7 Å². The molecule has 6 heteroatoms. The molecule has 0 aliphatic rings. The second-order valence-electron chi connectivity index (χ2n) is 5.08. The van der Waals surface area contributed by atoms with Gasteiger partial charge in [-0.25, -0.2) is 0 Å². The monoisotopic (exact) mass is 281 g/mol. The van der Waals surface area contributed by atoms with Crippen LogP contribution in [0.3, 0.4) is 0 Å². The van der Waals surface area contributed by atoms with Crippen LogP contribution in [0.1, 0.15) is 27.2 Å². The fourth-order valence-electron chi connectivity index (χ4n) is 1.74. The van der Waals surface area contributed by atoms with Crippen LogP contribution in [0.25, 0.3) is 0 Å². The Morgan fingerprint density at radius 2 is 1.90 bits per heavy atom. The molecular formula is C14H23N3O3. The number of hydrogen-bond donors (Lipinski definition) is 3. The first-order valence-electron chi connectivity index (χ1n) is 6.90. The highest BCUT2D eigenvalue weighted by Crippen LogP contribution is 2.32. The number of benzene rings is 1. The zero-order chi connectivity index (χ0) is 15.1. The molecule has 0 aliphatic heterocycles. The number of aliphatic hydroxyl groups excluding tert-OH is 1. The Labute approximate surface area is 119 Å². The quantitative estimate of drug-likeness (QED) is 0.504. The maximum atomic E-state index is 11.2. The molecule has 112 valence electrons. The largest absolute Gasteiger partial charge is 0.391 e. The number of nitrogens with one attached hydrogen (secondary N) is 2. The maximum absolute atomic E-state index is 11.2. The number of rotatable bonds is 8. The van der Waals surface area contributed by atoms with Crippen LogP contribution in [-0.2, 0) is 0 Å². The van der Waals surface area contributed by atoms with Crippen LogP contribution in [0, 0.1) is 16.0 Å². The normalized spacial score (nSPS) is 12.2. The molecule has 3 N–H and O–H groups in total. The molecule has 1 atom stereocenters. The van der Waals surface area contributed by atoms with Gasteiger partial charge in [-0.1, -0.05) is 26.8 Å². The Balaban J connectivity index is 2.91. The Kier molecular flexibility index (Phi) is 6.24. The lowest BCUT2D eigenvalue weighted by Gasteiger charge is -2.16. The average molecular weight is 281 g/mol. The van der Waals surface area contributed by atoms with Gasteiger partial charge in [0.2, 0.25) is 0 Å². The summed E-state index contributed by atoms with van der Waals surface area (Å²) < 4.78 is 0. The second-order valence-corrected chi connectivity index (χ2v) is 5.08. The van der Waals surface area contributed by atoms with Crippen molar-refractivity contribution in [1.29, 1.82) is 0 Å². The van der Waals surface area contributed by atoms with Gasteiger partial charge >= 0.3 is 5.69 Å². The highest BCUT2D eigenvalue weighted by atomic mass is 16.6. The zero-order valence-electron chi connectivity index (χ0n) is 12.2. The Morgan fingerprint density at radius 3 is 2.40 bits per heavy atom. The minimum absolute atomic E-state index is 0.0249. The van der Waals surface area contributed by atoms with Gasteiger partial charge in [0.15, 0.2) is 0 Å². The first-order valence-corrected chi connectivity index (χ1v) is 6.90. The van der Waals surface area contributed by atoms with Gasteiger partial charge in [0.25, 0.3) is 0 Å². The number of anilines is 2. The zero-order valence-corrected chi connectivity index (χ0v) is 12.2. The number of hydrogen-bond acceptors (Lipinski definition) is 5. The van der Waals surface area contributed by atoms with Gasteiger partial charge in [-0.2, -0.15) is 0 Å². The van der Waals surface area contributed by atoms with Crippen LogP contribution >= 0.6 is 0 Å². The number of nitrogens with zero attached hydrogens (tertiary/aromatic N) is 1. The van der Waals surface area contributed by atoms with E-state index in [4.69, 9.17) is 0 Å². The summed E-state index contributed by atoms with van der Waals surface area (Å²) in [4.78, 5) is 10.8. The maximum Gasteiger partial charge on any atom is 0.315 e. The SMILES string of the molecule is CCCNc1cccc(NCC(O)C(C)C)c1[N+](=O)[O-]. The Morgan fingerprint density at radius 1 is 1.30 bits per heavy atom. The third-order valence-electron chi connectivity index (χ3n) is 3.06. The fourth-order valence-corrected chi connectivity index (χ4v) is 1.74. The summed E-state index contributed by atoms with van der Waals surface area (Å²) in [6.45, 7) is 6.77. The van der Waals surface area contributed by atoms with Crippen molar-refractivity contribution in [2.24, 2.45) is 5.92 Å². The highest BCUT2D eigenvalue weighted by Gasteiger charge is 2.20. The molecule has 0 fully saturated rings. The second kappa shape index (κ2) is 7.69. The molecule has 0 heterocycles. The minimum atomic E-state index is -0.540. The van der Waals surface area contributed by atoms with Crippen molar-refractivity contribution < 1.29 is 10.0 Å². The molecule has 6 nitrogen and oxygen atoms in total. The number of nitro groups is 1. The van der Waals surface area contributed by atoms with Gasteiger partial charge in [-0.3, -0.25) is 10.1 Å². The highest BCUT2D eigenvalue weighted by molar-refractivity contribution is 5.76. The molecule has 1 unspecified atom stereocenters. The number of nitro benzene ring substituents is 1. The first kappa shape index (κ1) is 16.2. The van der Waals surface area contributed by atoms with E-state index in [1.54, 1.807) is 18.2 Å². The standard InChI is InChI=1S/C14H23N3O3/c1-4-8-15-11-6-5-7-12(14(11)17(19)20)16-9-13(18)10(2)3/h5-7,10,13,15-16,18H,4,8-9H2,1-3H3. The Bertz CT molecular complexity index is 449. The van der Waals surface area contributed by atoms with Crippen molar-refractivity contribution in [3.05, 3.63) is 28.3 Å². The summed E-state index contributed by atoms with van der Waals surface area (Å²) in [7, 11) is 0. The van der Waals surface area contributed by atoms with E-state index in [0.29, 0.717) is 17.9 Å². The molecule has 1 aromatic carbocycles. The van der Waals surface area contributed by atoms with Crippen molar-refractivity contribution in [2.45, 2.75) is 33.3 Å². The van der Waals surface area contributed by atoms with E-state index >= 15 is 0 Å². The van der Waals surface area contributed by atoms with Crippen LogP contribution in [-0.4, -0.2) is 29.2 Å². The van der Waals surface area contributed by atoms with E-state index in [1.165, 1.54) is 0 Å². The van der Waals surface area contributed by atoms with Crippen LogP contribution < -0.4 is 10.6 Å². The summed E-state index contributed by atoms with van der Waals surface area (Å²) in [5.41, 5.74) is 0.952. The molecule has 0 saturated heterocycles. The third kappa shape index (κ3) is 4.38. The molecule has 0 bridgehead atoms. The van der Waals surface area contributed by atoms with Gasteiger partial charge in [0, 0.05) is 13.1 Å². The van der Waals surface area contributed by atoms with Gasteiger partial charge in [-0.05, 0) is 24.5 Å². The van der Waals surface area contributed by atoms with Crippen molar-refractivity contribution in [3.63, 3.8) is 0 Å². The minimum Gasteiger partial charge on any atom is -0.391 e. The molecule has 0 spiro atoms. The fraction of sp³-hybridized carbons (Fsp3) is 0.571. The molecule has 0 radical (unpaired) electrons. The van der Waals surface area contributed by atoms with E-state index in [0.717, 1.165) is 6.42 Å². The summed E-state index contributed by atoms with van der Waals surface area (Å²) in [5.74, 6) is 0.1000. The van der Waals surface area contributed by atoms with Crippen molar-refractivity contribution in [2.75, 3.05) is 23.7 Å². The average Bonchev–Trinajstić information content (AvgIpc) is 2.41. The van der Waals surface area contributed by atoms with Crippen molar-refractivity contribution in [3.8, 4) is 0 Å².